The predicted octanol–water partition coefficient (Wildman–Crippen LogP) is 2.11. The fourth-order valence-electron chi connectivity index (χ4n) is 0.610. The Morgan fingerprint density at radius 2 is 1.89 bits per heavy atom. The molecule has 0 unspecified atom stereocenters. The Kier molecular flexibility index (Phi) is 3.35. The van der Waals surface area contributed by atoms with Gasteiger partial charge >= 0.3 is 68.0 Å². The summed E-state index contributed by atoms with van der Waals surface area (Å²) in [5.74, 6) is 0. The molecule has 0 radical (unpaired) electrons. The molecule has 0 nitrogen and oxygen atoms in total. The number of benzene rings is 1. The summed E-state index contributed by atoms with van der Waals surface area (Å²) in [6, 6.07) is 10.4. The van der Waals surface area contributed by atoms with E-state index in [1.54, 1.807) is 0 Å². The summed E-state index contributed by atoms with van der Waals surface area (Å²) < 4.78 is 0. The zero-order valence-corrected chi connectivity index (χ0v) is 7.31. The minimum absolute atomic E-state index is 0.566. The molecule has 0 saturated heterocycles. The van der Waals surface area contributed by atoms with Gasteiger partial charge in [-0.15, -0.1) is 0 Å². The molecular formula is C7H8PdS. The Labute approximate surface area is 68.0 Å². The third-order valence-electron chi connectivity index (χ3n) is 1.02. The first-order chi connectivity index (χ1) is 4.43. The van der Waals surface area contributed by atoms with Gasteiger partial charge in [-0.2, -0.15) is 0 Å². The van der Waals surface area contributed by atoms with E-state index in [1.165, 1.54) is 5.56 Å². The van der Waals surface area contributed by atoms with E-state index in [2.05, 4.69) is 34.7 Å². The normalized spacial score (nSPS) is 9.89. The first kappa shape index (κ1) is 7.34. The summed E-state index contributed by atoms with van der Waals surface area (Å²) in [4.78, 5) is 1.12. The summed E-state index contributed by atoms with van der Waals surface area (Å²) in [6.07, 6.45) is 0. The standard InChI is InChI=1S/C7H7.Pd.H2S/c1-7-5-3-2-4-6-7;;/h2-6H,1H2;;1H2/q;+1;/p-1. The zero-order valence-electron chi connectivity index (χ0n) is 4.86. The molecule has 0 saturated carbocycles. The molecule has 9 heavy (non-hydrogen) atoms. The van der Waals surface area contributed by atoms with Gasteiger partial charge in [-0.1, -0.05) is 0 Å². The maximum atomic E-state index is 4.18. The average molecular weight is 231 g/mol. The Bertz CT molecular complexity index is 162. The van der Waals surface area contributed by atoms with E-state index in [0.29, 0.717) is 16.7 Å². The number of thiol groups is 1. The van der Waals surface area contributed by atoms with Crippen LogP contribution in [0.1, 0.15) is 5.56 Å². The molecule has 0 fully saturated rings. The second-order valence-corrected chi connectivity index (χ2v) is 3.92. The second-order valence-electron chi connectivity index (χ2n) is 1.70. The molecule has 52 valence electrons. The third kappa shape index (κ3) is 2.53. The number of hydrogen-bond acceptors (Lipinski definition) is 1. The van der Waals surface area contributed by atoms with Crippen LogP contribution in [0.2, 0.25) is 0 Å². The van der Waals surface area contributed by atoms with Gasteiger partial charge < -0.3 is 0 Å². The molecule has 0 aliphatic heterocycles. The summed E-state index contributed by atoms with van der Waals surface area (Å²) in [5, 5.41) is 0. The van der Waals surface area contributed by atoms with Gasteiger partial charge in [-0.25, -0.2) is 0 Å². The van der Waals surface area contributed by atoms with Crippen LogP contribution in [0.4, 0.5) is 0 Å². The van der Waals surface area contributed by atoms with Gasteiger partial charge in [0.2, 0.25) is 0 Å². The molecule has 0 bridgehead atoms. The van der Waals surface area contributed by atoms with E-state index < -0.39 is 0 Å². The van der Waals surface area contributed by atoms with Gasteiger partial charge in [-0.05, 0) is 0 Å². The summed E-state index contributed by atoms with van der Waals surface area (Å²) in [5.41, 5.74) is 1.39. The van der Waals surface area contributed by atoms with Crippen molar-refractivity contribution in [1.82, 2.24) is 0 Å². The van der Waals surface area contributed by atoms with Gasteiger partial charge in [0.25, 0.3) is 0 Å². The molecular weight excluding hydrogens is 223 g/mol. The van der Waals surface area contributed by atoms with Crippen LogP contribution in [0.3, 0.4) is 0 Å². The minimum atomic E-state index is 0.566. The van der Waals surface area contributed by atoms with Crippen molar-refractivity contribution in [2.24, 2.45) is 0 Å². The summed E-state index contributed by atoms with van der Waals surface area (Å²) in [6.45, 7) is 0. The van der Waals surface area contributed by atoms with Crippen LogP contribution in [0.5, 0.6) is 0 Å². The molecule has 1 aromatic carbocycles. The van der Waals surface area contributed by atoms with Crippen LogP contribution in [0, 0.1) is 0 Å². The number of hydrogen-bond donors (Lipinski definition) is 1. The van der Waals surface area contributed by atoms with Crippen molar-refractivity contribution < 1.29 is 16.7 Å². The predicted molar refractivity (Wildman–Crippen MR) is 39.1 cm³/mol. The molecule has 2 heteroatoms. The molecule has 0 N–H and O–H groups in total. The molecule has 1 aromatic rings. The first-order valence-corrected chi connectivity index (χ1v) is 6.10. The Hall–Kier alpha value is 0.232. The fourth-order valence-corrected chi connectivity index (χ4v) is 1.94. The topological polar surface area (TPSA) is 0 Å². The average Bonchev–Trinajstić information content (AvgIpc) is 1.91. The van der Waals surface area contributed by atoms with Crippen LogP contribution >= 0.6 is 10.4 Å². The Morgan fingerprint density at radius 3 is 2.44 bits per heavy atom. The van der Waals surface area contributed by atoms with Gasteiger partial charge in [0.15, 0.2) is 0 Å². The fraction of sp³-hybridized carbons (Fsp3) is 0.143. The molecule has 0 atom stereocenters. The van der Waals surface area contributed by atoms with E-state index in [1.807, 2.05) is 6.07 Å². The van der Waals surface area contributed by atoms with Crippen molar-refractivity contribution >= 4 is 10.4 Å². The maximum absolute atomic E-state index is 4.18. The van der Waals surface area contributed by atoms with E-state index in [-0.39, 0.29) is 0 Å². The van der Waals surface area contributed by atoms with E-state index in [9.17, 15) is 0 Å². The van der Waals surface area contributed by atoms with E-state index >= 15 is 0 Å². The van der Waals surface area contributed by atoms with E-state index in [0.717, 1.165) is 4.89 Å². The van der Waals surface area contributed by atoms with Gasteiger partial charge in [0.1, 0.15) is 0 Å². The van der Waals surface area contributed by atoms with Crippen molar-refractivity contribution in [3.63, 3.8) is 0 Å². The van der Waals surface area contributed by atoms with Gasteiger partial charge in [0.05, 0.1) is 0 Å². The van der Waals surface area contributed by atoms with Gasteiger partial charge in [-0.3, -0.25) is 0 Å². The zero-order chi connectivity index (χ0) is 6.53. The van der Waals surface area contributed by atoms with Crippen LogP contribution in [-0.2, 0) is 21.6 Å². The van der Waals surface area contributed by atoms with Crippen LogP contribution in [-0.4, -0.2) is 0 Å². The van der Waals surface area contributed by atoms with Crippen molar-refractivity contribution in [2.45, 2.75) is 4.89 Å². The van der Waals surface area contributed by atoms with E-state index in [4.69, 9.17) is 0 Å². The quantitative estimate of drug-likeness (QED) is 0.584. The molecule has 0 aliphatic carbocycles. The molecule has 1 rings (SSSR count). The molecule has 0 amide bonds. The van der Waals surface area contributed by atoms with Crippen molar-refractivity contribution in [3.05, 3.63) is 35.9 Å². The van der Waals surface area contributed by atoms with Crippen LogP contribution in [0.25, 0.3) is 0 Å². The van der Waals surface area contributed by atoms with Crippen molar-refractivity contribution in [2.75, 3.05) is 0 Å². The summed E-state index contributed by atoms with van der Waals surface area (Å²) in [7, 11) is 4.18. The van der Waals surface area contributed by atoms with Crippen molar-refractivity contribution in [3.8, 4) is 0 Å². The molecule has 0 spiro atoms. The Balaban J connectivity index is 2.61. The SMILES string of the molecule is [SH][Pd][CH2]c1ccccc1. The molecule has 0 aliphatic rings. The first-order valence-electron chi connectivity index (χ1n) is 2.63. The third-order valence-corrected chi connectivity index (χ3v) is 2.49. The van der Waals surface area contributed by atoms with Gasteiger partial charge in [0, 0.05) is 0 Å². The molecule has 0 heterocycles. The monoisotopic (exact) mass is 230 g/mol. The van der Waals surface area contributed by atoms with Crippen molar-refractivity contribution in [1.29, 1.82) is 0 Å². The number of rotatable bonds is 2. The Morgan fingerprint density at radius 1 is 1.22 bits per heavy atom. The second kappa shape index (κ2) is 4.11. The summed E-state index contributed by atoms with van der Waals surface area (Å²) >= 11 is 0.566. The van der Waals surface area contributed by atoms with Crippen LogP contribution in [0.15, 0.2) is 30.3 Å². The van der Waals surface area contributed by atoms with Crippen LogP contribution < -0.4 is 0 Å². The molecule has 0 aromatic heterocycles.